The van der Waals surface area contributed by atoms with Crippen molar-refractivity contribution in [2.45, 2.75) is 13.8 Å². The lowest BCUT2D eigenvalue weighted by atomic mass is 10.0. The maximum absolute atomic E-state index is 13.3. The fourth-order valence-electron chi connectivity index (χ4n) is 6.83. The highest BCUT2D eigenvalue weighted by Crippen LogP contribution is 2.36. The molecule has 3 fully saturated rings. The van der Waals surface area contributed by atoms with Gasteiger partial charge >= 0.3 is 0 Å². The van der Waals surface area contributed by atoms with Crippen molar-refractivity contribution in [2.24, 2.45) is 11.8 Å². The Morgan fingerprint density at radius 2 is 1.86 bits per heavy atom. The van der Waals surface area contributed by atoms with Crippen LogP contribution in [-0.4, -0.2) is 95.9 Å². The van der Waals surface area contributed by atoms with E-state index in [1.807, 2.05) is 42.4 Å². The molecule has 0 N–H and O–H groups in total. The van der Waals surface area contributed by atoms with Crippen molar-refractivity contribution in [3.8, 4) is 22.9 Å². The van der Waals surface area contributed by atoms with E-state index in [2.05, 4.69) is 46.1 Å². The molecule has 0 aliphatic carbocycles. The minimum Gasteiger partial charge on any atom is -0.491 e. The summed E-state index contributed by atoms with van der Waals surface area (Å²) in [6.45, 7) is 12.1. The molecule has 10 heteroatoms. The summed E-state index contributed by atoms with van der Waals surface area (Å²) >= 11 is 0. The third-order valence-electron chi connectivity index (χ3n) is 9.48. The van der Waals surface area contributed by atoms with Gasteiger partial charge in [0.15, 0.2) is 0 Å². The summed E-state index contributed by atoms with van der Waals surface area (Å²) in [6, 6.07) is 14.3. The van der Waals surface area contributed by atoms with Crippen LogP contribution >= 0.6 is 0 Å². The molecule has 7 rings (SSSR count). The Hall–Kier alpha value is -4.46. The Morgan fingerprint density at radius 1 is 1.07 bits per heavy atom. The molecular formula is C34H37N7O3. The van der Waals surface area contributed by atoms with Crippen LogP contribution in [0.2, 0.25) is 0 Å². The zero-order valence-corrected chi connectivity index (χ0v) is 25.3. The number of morpholine rings is 1. The third kappa shape index (κ3) is 5.38. The van der Waals surface area contributed by atoms with E-state index in [0.717, 1.165) is 98.2 Å². The number of likely N-dealkylation sites (tertiary alicyclic amines) is 1. The molecule has 3 aliphatic rings. The number of fused-ring (bicyclic) bond motifs is 2. The Morgan fingerprint density at radius 3 is 2.59 bits per heavy atom. The number of carbonyl (C=O) groups is 1. The third-order valence-corrected chi connectivity index (χ3v) is 9.48. The molecule has 1 amide bonds. The number of anilines is 1. The van der Waals surface area contributed by atoms with Gasteiger partial charge in [-0.05, 0) is 49.2 Å². The molecule has 226 valence electrons. The summed E-state index contributed by atoms with van der Waals surface area (Å²) in [4.78, 5) is 24.9. The van der Waals surface area contributed by atoms with Crippen LogP contribution in [0.15, 0.2) is 55.0 Å². The molecule has 10 nitrogen and oxygen atoms in total. The van der Waals surface area contributed by atoms with Crippen molar-refractivity contribution in [1.29, 1.82) is 5.26 Å². The van der Waals surface area contributed by atoms with Gasteiger partial charge in [-0.1, -0.05) is 12.1 Å². The molecule has 6 heterocycles. The van der Waals surface area contributed by atoms with E-state index in [-0.39, 0.29) is 5.91 Å². The van der Waals surface area contributed by atoms with Crippen molar-refractivity contribution >= 4 is 17.2 Å². The number of aryl methyl sites for hydroxylation is 1. The number of aromatic nitrogens is 3. The predicted octanol–water partition coefficient (Wildman–Crippen LogP) is 3.80. The molecule has 0 bridgehead atoms. The van der Waals surface area contributed by atoms with Crippen molar-refractivity contribution in [2.75, 3.05) is 70.5 Å². The Kier molecular flexibility index (Phi) is 7.66. The van der Waals surface area contributed by atoms with E-state index in [1.165, 1.54) is 0 Å². The van der Waals surface area contributed by atoms with Crippen LogP contribution in [0.25, 0.3) is 16.6 Å². The maximum Gasteiger partial charge on any atom is 0.254 e. The number of amides is 1. The SMILES string of the molecule is Cc1cccc(C(=O)N2CC3CN(c4ccc(-c5cc(OCCN6CCOCC6)cn6ncc(C#N)c56)cn4)CC3C2)c1C. The summed E-state index contributed by atoms with van der Waals surface area (Å²) in [5.41, 5.74) is 6.05. The maximum atomic E-state index is 13.3. The van der Waals surface area contributed by atoms with Crippen molar-refractivity contribution < 1.29 is 14.3 Å². The average molecular weight is 592 g/mol. The number of benzene rings is 1. The molecule has 44 heavy (non-hydrogen) atoms. The molecule has 4 aromatic rings. The van der Waals surface area contributed by atoms with Crippen molar-refractivity contribution in [1.82, 2.24) is 24.4 Å². The first kappa shape index (κ1) is 28.3. The van der Waals surface area contributed by atoms with Crippen LogP contribution in [0.1, 0.15) is 27.0 Å². The summed E-state index contributed by atoms with van der Waals surface area (Å²) in [6.07, 6.45) is 5.30. The summed E-state index contributed by atoms with van der Waals surface area (Å²) < 4.78 is 13.3. The zero-order valence-electron chi connectivity index (χ0n) is 25.3. The molecule has 0 radical (unpaired) electrons. The lowest BCUT2D eigenvalue weighted by Crippen LogP contribution is -2.38. The van der Waals surface area contributed by atoms with E-state index in [4.69, 9.17) is 14.5 Å². The molecule has 2 atom stereocenters. The molecular weight excluding hydrogens is 554 g/mol. The lowest BCUT2D eigenvalue weighted by Gasteiger charge is -2.26. The van der Waals surface area contributed by atoms with Crippen molar-refractivity contribution in [3.63, 3.8) is 0 Å². The van der Waals surface area contributed by atoms with Crippen LogP contribution in [0.5, 0.6) is 5.75 Å². The highest BCUT2D eigenvalue weighted by atomic mass is 16.5. The molecule has 0 spiro atoms. The number of nitriles is 1. The average Bonchev–Trinajstić information content (AvgIpc) is 3.76. The Bertz CT molecular complexity index is 1710. The van der Waals surface area contributed by atoms with Crippen LogP contribution < -0.4 is 9.64 Å². The highest BCUT2D eigenvalue weighted by Gasteiger charge is 2.42. The van der Waals surface area contributed by atoms with Gasteiger partial charge in [-0.25, -0.2) is 9.50 Å². The van der Waals surface area contributed by atoms with Gasteiger partial charge in [-0.3, -0.25) is 9.69 Å². The summed E-state index contributed by atoms with van der Waals surface area (Å²) in [5.74, 6) is 2.64. The van der Waals surface area contributed by atoms with Gasteiger partial charge in [-0.2, -0.15) is 10.4 Å². The van der Waals surface area contributed by atoms with Crippen molar-refractivity contribution in [3.05, 3.63) is 77.2 Å². The molecule has 1 aromatic carbocycles. The first-order valence-corrected chi connectivity index (χ1v) is 15.4. The number of carbonyl (C=O) groups excluding carboxylic acids is 1. The van der Waals surface area contributed by atoms with Gasteiger partial charge in [0, 0.05) is 80.5 Å². The predicted molar refractivity (Wildman–Crippen MR) is 167 cm³/mol. The molecule has 3 aromatic heterocycles. The van der Waals surface area contributed by atoms with E-state index in [0.29, 0.717) is 29.8 Å². The largest absolute Gasteiger partial charge is 0.491 e. The van der Waals surface area contributed by atoms with Gasteiger partial charge in [0.25, 0.3) is 5.91 Å². The number of nitrogens with zero attached hydrogens (tertiary/aromatic N) is 7. The molecule has 2 unspecified atom stereocenters. The lowest BCUT2D eigenvalue weighted by molar-refractivity contribution is 0.0322. The second-order valence-corrected chi connectivity index (χ2v) is 12.1. The fraction of sp³-hybridized carbons (Fsp3) is 0.412. The van der Waals surface area contributed by atoms with Gasteiger partial charge in [0.1, 0.15) is 24.2 Å². The molecule has 3 saturated heterocycles. The normalized spacial score (nSPS) is 20.2. The second-order valence-electron chi connectivity index (χ2n) is 12.1. The number of pyridine rings is 2. The first-order chi connectivity index (χ1) is 21.5. The second kappa shape index (κ2) is 11.9. The quantitative estimate of drug-likeness (QED) is 0.320. The van der Waals surface area contributed by atoms with Crippen LogP contribution in [0.3, 0.4) is 0 Å². The van der Waals surface area contributed by atoms with Gasteiger partial charge in [0.2, 0.25) is 0 Å². The standard InChI is InChI=1S/C34H37N7O3/c1-23-4-3-5-30(24(23)2)34(42)40-20-27-18-39(19-28(27)21-40)32-7-6-25(16-36-32)31-14-29(22-41-33(31)26(15-35)17-37-41)44-13-10-38-8-11-43-12-9-38/h3-7,14,16-17,22,27-28H,8-13,18-21H2,1-2H3. The molecule has 3 aliphatic heterocycles. The fourth-order valence-corrected chi connectivity index (χ4v) is 6.83. The van der Waals surface area contributed by atoms with Gasteiger partial charge < -0.3 is 19.3 Å². The smallest absolute Gasteiger partial charge is 0.254 e. The minimum absolute atomic E-state index is 0.143. The van der Waals surface area contributed by atoms with Crippen LogP contribution in [-0.2, 0) is 4.74 Å². The Balaban J connectivity index is 1.04. The monoisotopic (exact) mass is 591 g/mol. The number of hydrogen-bond acceptors (Lipinski definition) is 8. The topological polar surface area (TPSA) is 99.2 Å². The van der Waals surface area contributed by atoms with Gasteiger partial charge in [-0.15, -0.1) is 0 Å². The highest BCUT2D eigenvalue weighted by molar-refractivity contribution is 5.96. The van der Waals surface area contributed by atoms with E-state index < -0.39 is 0 Å². The number of hydrogen-bond donors (Lipinski definition) is 0. The minimum atomic E-state index is 0.143. The summed E-state index contributed by atoms with van der Waals surface area (Å²) in [5, 5.41) is 14.2. The van der Waals surface area contributed by atoms with E-state index >= 15 is 0 Å². The van der Waals surface area contributed by atoms with E-state index in [9.17, 15) is 10.1 Å². The number of ether oxygens (including phenoxy) is 2. The summed E-state index contributed by atoms with van der Waals surface area (Å²) in [7, 11) is 0. The first-order valence-electron chi connectivity index (χ1n) is 15.4. The molecule has 0 saturated carbocycles. The van der Waals surface area contributed by atoms with Crippen LogP contribution in [0, 0.1) is 37.0 Å². The zero-order chi connectivity index (χ0) is 30.2. The number of rotatable bonds is 7. The van der Waals surface area contributed by atoms with E-state index in [1.54, 1.807) is 10.7 Å². The van der Waals surface area contributed by atoms with Crippen LogP contribution in [0.4, 0.5) is 5.82 Å². The van der Waals surface area contributed by atoms with Gasteiger partial charge in [0.05, 0.1) is 36.7 Å². The Labute approximate surface area is 257 Å².